The first-order valence-electron chi connectivity index (χ1n) is 6.98. The molecule has 0 amide bonds. The van der Waals surface area contributed by atoms with Crippen molar-refractivity contribution in [3.8, 4) is 0 Å². The zero-order valence-electron chi connectivity index (χ0n) is 12.1. The normalized spacial score (nSPS) is 11.7. The lowest BCUT2D eigenvalue weighted by Crippen LogP contribution is -2.16. The molecule has 1 aromatic carbocycles. The van der Waals surface area contributed by atoms with Gasteiger partial charge in [-0.1, -0.05) is 50.1 Å². The number of esters is 2. The average Bonchev–Trinajstić information content (AvgIpc) is 2.47. The molecule has 0 heterocycles. The maximum absolute atomic E-state index is 11.8. The number of hydrogen-bond acceptors (Lipinski definition) is 4. The molecule has 0 saturated heterocycles. The van der Waals surface area contributed by atoms with Gasteiger partial charge in [-0.3, -0.25) is 9.59 Å². The Morgan fingerprint density at radius 1 is 1.10 bits per heavy atom. The van der Waals surface area contributed by atoms with Crippen molar-refractivity contribution in [1.82, 2.24) is 0 Å². The van der Waals surface area contributed by atoms with Crippen molar-refractivity contribution in [2.45, 2.75) is 45.1 Å². The monoisotopic (exact) mass is 278 g/mol. The molecule has 4 heteroatoms. The zero-order valence-corrected chi connectivity index (χ0v) is 12.1. The molecule has 0 bridgehead atoms. The third-order valence-electron chi connectivity index (χ3n) is 3.01. The summed E-state index contributed by atoms with van der Waals surface area (Å²) in [5.74, 6) is -0.656. The fraction of sp³-hybridized carbons (Fsp3) is 0.500. The van der Waals surface area contributed by atoms with Gasteiger partial charge >= 0.3 is 11.9 Å². The highest BCUT2D eigenvalue weighted by atomic mass is 16.6. The van der Waals surface area contributed by atoms with Crippen molar-refractivity contribution in [2.24, 2.45) is 0 Å². The van der Waals surface area contributed by atoms with E-state index in [9.17, 15) is 9.59 Å². The molecule has 1 unspecified atom stereocenters. The Kier molecular flexibility index (Phi) is 7.40. The summed E-state index contributed by atoms with van der Waals surface area (Å²) >= 11 is 0. The molecule has 1 rings (SSSR count). The van der Waals surface area contributed by atoms with Gasteiger partial charge in [0.05, 0.1) is 13.5 Å². The van der Waals surface area contributed by atoms with Crippen LogP contribution >= 0.6 is 0 Å². The Bertz CT molecular complexity index is 414. The molecular weight excluding hydrogens is 256 g/mol. The fourth-order valence-electron chi connectivity index (χ4n) is 1.87. The summed E-state index contributed by atoms with van der Waals surface area (Å²) in [6.07, 6.45) is 2.73. The van der Waals surface area contributed by atoms with Crippen molar-refractivity contribution < 1.29 is 19.1 Å². The van der Waals surface area contributed by atoms with Gasteiger partial charge in [-0.2, -0.15) is 0 Å². The summed E-state index contributed by atoms with van der Waals surface area (Å²) in [6, 6.07) is 9.26. The Morgan fingerprint density at radius 3 is 2.40 bits per heavy atom. The van der Waals surface area contributed by atoms with E-state index in [1.54, 1.807) is 0 Å². The quantitative estimate of drug-likeness (QED) is 0.540. The molecule has 0 N–H and O–H groups in total. The van der Waals surface area contributed by atoms with Crippen LogP contribution in [0.1, 0.15) is 50.7 Å². The van der Waals surface area contributed by atoms with Crippen LogP contribution in [0.5, 0.6) is 0 Å². The van der Waals surface area contributed by atoms with Gasteiger partial charge in [0.2, 0.25) is 0 Å². The van der Waals surface area contributed by atoms with Crippen LogP contribution in [0, 0.1) is 0 Å². The molecule has 4 nitrogen and oxygen atoms in total. The van der Waals surface area contributed by atoms with Crippen LogP contribution < -0.4 is 0 Å². The predicted molar refractivity (Wildman–Crippen MR) is 76.1 cm³/mol. The van der Waals surface area contributed by atoms with Crippen LogP contribution in [0.2, 0.25) is 0 Å². The first kappa shape index (κ1) is 16.2. The summed E-state index contributed by atoms with van der Waals surface area (Å²) in [6.45, 7) is 2.08. The largest absolute Gasteiger partial charge is 0.469 e. The first-order chi connectivity index (χ1) is 9.67. The Morgan fingerprint density at radius 2 is 1.80 bits per heavy atom. The second kappa shape index (κ2) is 9.13. The average molecular weight is 278 g/mol. The number of carbonyl (C=O) groups is 2. The van der Waals surface area contributed by atoms with E-state index in [1.807, 2.05) is 30.3 Å². The molecule has 0 aliphatic heterocycles. The number of benzene rings is 1. The lowest BCUT2D eigenvalue weighted by atomic mass is 10.1. The molecule has 0 radical (unpaired) electrons. The molecule has 0 aliphatic rings. The third kappa shape index (κ3) is 5.87. The number of ether oxygens (including phenoxy) is 2. The van der Waals surface area contributed by atoms with E-state index < -0.39 is 6.10 Å². The SMILES string of the molecule is CCCCCC(=O)OC(CC(=O)OC)c1ccccc1. The second-order valence-electron chi connectivity index (χ2n) is 4.63. The summed E-state index contributed by atoms with van der Waals surface area (Å²) in [5.41, 5.74) is 0.807. The number of hydrogen-bond donors (Lipinski definition) is 0. The summed E-state index contributed by atoms with van der Waals surface area (Å²) in [4.78, 5) is 23.2. The van der Waals surface area contributed by atoms with E-state index >= 15 is 0 Å². The predicted octanol–water partition coefficient (Wildman–Crippen LogP) is 3.41. The van der Waals surface area contributed by atoms with Crippen LogP contribution in [0.4, 0.5) is 0 Å². The first-order valence-corrected chi connectivity index (χ1v) is 6.98. The minimum Gasteiger partial charge on any atom is -0.469 e. The van der Waals surface area contributed by atoms with E-state index in [0.717, 1.165) is 24.8 Å². The summed E-state index contributed by atoms with van der Waals surface area (Å²) in [7, 11) is 1.33. The minimum absolute atomic E-state index is 0.0417. The number of methoxy groups -OCH3 is 1. The lowest BCUT2D eigenvalue weighted by Gasteiger charge is -2.17. The molecule has 0 spiro atoms. The van der Waals surface area contributed by atoms with Crippen LogP contribution in [-0.4, -0.2) is 19.0 Å². The van der Waals surface area contributed by atoms with Crippen molar-refractivity contribution in [2.75, 3.05) is 7.11 Å². The van der Waals surface area contributed by atoms with E-state index in [2.05, 4.69) is 11.7 Å². The number of unbranched alkanes of at least 4 members (excludes halogenated alkanes) is 2. The van der Waals surface area contributed by atoms with Crippen LogP contribution in [0.25, 0.3) is 0 Å². The molecule has 1 atom stereocenters. The van der Waals surface area contributed by atoms with Gasteiger partial charge in [0.15, 0.2) is 0 Å². The molecule has 0 aromatic heterocycles. The maximum Gasteiger partial charge on any atom is 0.309 e. The Balaban J connectivity index is 2.63. The number of rotatable bonds is 8. The van der Waals surface area contributed by atoms with Gasteiger partial charge in [0.25, 0.3) is 0 Å². The van der Waals surface area contributed by atoms with Gasteiger partial charge in [0.1, 0.15) is 6.10 Å². The molecule has 1 aromatic rings. The van der Waals surface area contributed by atoms with Crippen LogP contribution in [0.15, 0.2) is 30.3 Å². The van der Waals surface area contributed by atoms with Crippen molar-refractivity contribution in [3.63, 3.8) is 0 Å². The fourth-order valence-corrected chi connectivity index (χ4v) is 1.87. The van der Waals surface area contributed by atoms with Gasteiger partial charge in [0, 0.05) is 6.42 Å². The molecule has 0 aliphatic carbocycles. The highest BCUT2D eigenvalue weighted by Crippen LogP contribution is 2.22. The lowest BCUT2D eigenvalue weighted by molar-refractivity contribution is -0.154. The topological polar surface area (TPSA) is 52.6 Å². The Labute approximate surface area is 120 Å². The molecular formula is C16H22O4. The van der Waals surface area contributed by atoms with E-state index in [-0.39, 0.29) is 18.4 Å². The van der Waals surface area contributed by atoms with E-state index in [0.29, 0.717) is 6.42 Å². The summed E-state index contributed by atoms with van der Waals surface area (Å²) in [5, 5.41) is 0. The minimum atomic E-state index is -0.572. The maximum atomic E-state index is 11.8. The van der Waals surface area contributed by atoms with E-state index in [4.69, 9.17) is 4.74 Å². The summed E-state index contributed by atoms with van der Waals surface area (Å²) < 4.78 is 10.1. The third-order valence-corrected chi connectivity index (χ3v) is 3.01. The standard InChI is InChI=1S/C16H22O4/c1-3-4-6-11-15(17)20-14(12-16(18)19-2)13-9-7-5-8-10-13/h5,7-10,14H,3-4,6,11-12H2,1-2H3. The van der Waals surface area contributed by atoms with Crippen LogP contribution in [-0.2, 0) is 19.1 Å². The number of carbonyl (C=O) groups excluding carboxylic acids is 2. The van der Waals surface area contributed by atoms with Gasteiger partial charge in [-0.25, -0.2) is 0 Å². The molecule has 20 heavy (non-hydrogen) atoms. The highest BCUT2D eigenvalue weighted by Gasteiger charge is 2.20. The zero-order chi connectivity index (χ0) is 14.8. The highest BCUT2D eigenvalue weighted by molar-refractivity contribution is 5.72. The van der Waals surface area contributed by atoms with Gasteiger partial charge < -0.3 is 9.47 Å². The second-order valence-corrected chi connectivity index (χ2v) is 4.63. The molecule has 110 valence electrons. The van der Waals surface area contributed by atoms with Crippen LogP contribution in [0.3, 0.4) is 0 Å². The van der Waals surface area contributed by atoms with E-state index in [1.165, 1.54) is 7.11 Å². The van der Waals surface area contributed by atoms with Gasteiger partial charge in [-0.05, 0) is 12.0 Å². The van der Waals surface area contributed by atoms with Crippen molar-refractivity contribution in [3.05, 3.63) is 35.9 Å². The van der Waals surface area contributed by atoms with Gasteiger partial charge in [-0.15, -0.1) is 0 Å². The van der Waals surface area contributed by atoms with Crippen molar-refractivity contribution in [1.29, 1.82) is 0 Å². The smallest absolute Gasteiger partial charge is 0.309 e. The molecule has 0 fully saturated rings. The molecule has 0 saturated carbocycles. The Hall–Kier alpha value is -1.84. The van der Waals surface area contributed by atoms with Crippen molar-refractivity contribution >= 4 is 11.9 Å².